The normalized spacial score (nSPS) is 19.1. The first kappa shape index (κ1) is 18.3. The van der Waals surface area contributed by atoms with Crippen molar-refractivity contribution in [2.24, 2.45) is 11.8 Å². The van der Waals surface area contributed by atoms with Crippen molar-refractivity contribution in [3.05, 3.63) is 36.3 Å². The fourth-order valence-electron chi connectivity index (χ4n) is 3.87. The average Bonchev–Trinajstić information content (AvgIpc) is 3.34. The molecule has 146 valence electrons. The predicted molar refractivity (Wildman–Crippen MR) is 104 cm³/mol. The van der Waals surface area contributed by atoms with Gasteiger partial charge in [0.15, 0.2) is 11.2 Å². The SMILES string of the molecule is COc1ccc(-n2nnc3cnc(C[C@@H]4CC[C@@H](C(=O)N(C)C)C4)nc32)cc1. The molecule has 1 aliphatic carbocycles. The zero-order valence-corrected chi connectivity index (χ0v) is 16.4. The second-order valence-electron chi connectivity index (χ2n) is 7.51. The van der Waals surface area contributed by atoms with E-state index in [4.69, 9.17) is 9.72 Å². The van der Waals surface area contributed by atoms with E-state index in [1.807, 2.05) is 38.4 Å². The summed E-state index contributed by atoms with van der Waals surface area (Å²) in [6.07, 6.45) is 5.36. The lowest BCUT2D eigenvalue weighted by molar-refractivity contribution is -0.132. The molecule has 2 heterocycles. The van der Waals surface area contributed by atoms with Crippen LogP contribution in [0.1, 0.15) is 25.1 Å². The van der Waals surface area contributed by atoms with E-state index in [0.29, 0.717) is 17.1 Å². The third-order valence-electron chi connectivity index (χ3n) is 5.36. The molecule has 1 saturated carbocycles. The van der Waals surface area contributed by atoms with Crippen LogP contribution in [0.4, 0.5) is 0 Å². The minimum atomic E-state index is 0.121. The van der Waals surface area contributed by atoms with Crippen molar-refractivity contribution in [2.45, 2.75) is 25.7 Å². The number of aromatic nitrogens is 5. The van der Waals surface area contributed by atoms with Crippen LogP contribution in [0, 0.1) is 11.8 Å². The monoisotopic (exact) mass is 380 g/mol. The smallest absolute Gasteiger partial charge is 0.225 e. The van der Waals surface area contributed by atoms with Gasteiger partial charge in [0.2, 0.25) is 5.91 Å². The van der Waals surface area contributed by atoms with Gasteiger partial charge in [-0.2, -0.15) is 4.68 Å². The Morgan fingerprint density at radius 1 is 1.25 bits per heavy atom. The molecule has 1 aliphatic rings. The number of benzene rings is 1. The summed E-state index contributed by atoms with van der Waals surface area (Å²) in [5.41, 5.74) is 2.21. The molecule has 2 atom stereocenters. The Kier molecular flexibility index (Phi) is 4.93. The lowest BCUT2D eigenvalue weighted by Crippen LogP contribution is -2.28. The highest BCUT2D eigenvalue weighted by Gasteiger charge is 2.31. The molecule has 1 amide bonds. The lowest BCUT2D eigenvalue weighted by Gasteiger charge is -2.16. The van der Waals surface area contributed by atoms with Crippen LogP contribution in [0.15, 0.2) is 30.5 Å². The molecule has 2 aromatic heterocycles. The van der Waals surface area contributed by atoms with Crippen molar-refractivity contribution >= 4 is 17.1 Å². The van der Waals surface area contributed by atoms with Gasteiger partial charge in [-0.1, -0.05) is 5.21 Å². The fourth-order valence-corrected chi connectivity index (χ4v) is 3.87. The third kappa shape index (κ3) is 3.54. The van der Waals surface area contributed by atoms with Crippen LogP contribution >= 0.6 is 0 Å². The first-order valence-electron chi connectivity index (χ1n) is 9.48. The molecule has 0 radical (unpaired) electrons. The first-order chi connectivity index (χ1) is 13.5. The standard InChI is InChI=1S/C20H24N6O2/c1-25(2)20(27)14-5-4-13(10-14)11-18-21-12-17-19(22-18)26(24-23-17)15-6-8-16(28-3)9-7-15/h6-9,12-14H,4-5,10-11H2,1-3H3/t13-,14-/m1/s1. The van der Waals surface area contributed by atoms with Gasteiger partial charge in [-0.25, -0.2) is 9.97 Å². The van der Waals surface area contributed by atoms with E-state index >= 15 is 0 Å². The number of carbonyl (C=O) groups excluding carboxylic acids is 1. The van der Waals surface area contributed by atoms with Crippen LogP contribution in [0.2, 0.25) is 0 Å². The summed E-state index contributed by atoms with van der Waals surface area (Å²) in [6.45, 7) is 0. The molecule has 28 heavy (non-hydrogen) atoms. The number of carbonyl (C=O) groups is 1. The van der Waals surface area contributed by atoms with E-state index in [1.54, 1.807) is 22.9 Å². The van der Waals surface area contributed by atoms with Crippen molar-refractivity contribution in [3.63, 3.8) is 0 Å². The molecule has 4 rings (SSSR count). The van der Waals surface area contributed by atoms with Gasteiger partial charge in [0.05, 0.1) is 19.0 Å². The second-order valence-corrected chi connectivity index (χ2v) is 7.51. The minimum Gasteiger partial charge on any atom is -0.497 e. The highest BCUT2D eigenvalue weighted by molar-refractivity contribution is 5.78. The molecule has 0 N–H and O–H groups in total. The topological polar surface area (TPSA) is 86.0 Å². The fraction of sp³-hybridized carbons (Fsp3) is 0.450. The van der Waals surface area contributed by atoms with Gasteiger partial charge in [0.25, 0.3) is 0 Å². The molecule has 8 heteroatoms. The van der Waals surface area contributed by atoms with Crippen molar-refractivity contribution in [1.29, 1.82) is 0 Å². The van der Waals surface area contributed by atoms with Crippen molar-refractivity contribution in [1.82, 2.24) is 29.9 Å². The third-order valence-corrected chi connectivity index (χ3v) is 5.36. The van der Waals surface area contributed by atoms with Crippen LogP contribution < -0.4 is 4.74 Å². The molecule has 3 aromatic rings. The van der Waals surface area contributed by atoms with E-state index in [9.17, 15) is 4.79 Å². The second kappa shape index (κ2) is 7.53. The zero-order chi connectivity index (χ0) is 19.7. The summed E-state index contributed by atoms with van der Waals surface area (Å²) < 4.78 is 6.92. The van der Waals surface area contributed by atoms with Gasteiger partial charge in [-0.15, -0.1) is 5.10 Å². The van der Waals surface area contributed by atoms with Crippen molar-refractivity contribution in [3.8, 4) is 11.4 Å². The summed E-state index contributed by atoms with van der Waals surface area (Å²) >= 11 is 0. The van der Waals surface area contributed by atoms with Gasteiger partial charge >= 0.3 is 0 Å². The Hall–Kier alpha value is -3.03. The molecule has 0 saturated heterocycles. The summed E-state index contributed by atoms with van der Waals surface area (Å²) in [6, 6.07) is 7.60. The molecule has 0 aliphatic heterocycles. The van der Waals surface area contributed by atoms with Crippen LogP contribution in [0.5, 0.6) is 5.75 Å². The van der Waals surface area contributed by atoms with Gasteiger partial charge in [-0.3, -0.25) is 4.79 Å². The summed E-state index contributed by atoms with van der Waals surface area (Å²) in [4.78, 5) is 23.1. The number of rotatable bonds is 5. The number of fused-ring (bicyclic) bond motifs is 1. The van der Waals surface area contributed by atoms with Crippen LogP contribution in [0.25, 0.3) is 16.9 Å². The molecular formula is C20H24N6O2. The molecule has 0 unspecified atom stereocenters. The molecule has 0 spiro atoms. The summed E-state index contributed by atoms with van der Waals surface area (Å²) in [5, 5.41) is 8.39. The van der Waals surface area contributed by atoms with Crippen LogP contribution in [-0.2, 0) is 11.2 Å². The Morgan fingerprint density at radius 3 is 2.75 bits per heavy atom. The summed E-state index contributed by atoms with van der Waals surface area (Å²) in [5.74, 6) is 2.33. The first-order valence-corrected chi connectivity index (χ1v) is 9.48. The highest BCUT2D eigenvalue weighted by Crippen LogP contribution is 2.33. The maximum absolute atomic E-state index is 12.2. The van der Waals surface area contributed by atoms with Crippen molar-refractivity contribution < 1.29 is 9.53 Å². The number of ether oxygens (including phenoxy) is 1. The summed E-state index contributed by atoms with van der Waals surface area (Å²) in [7, 11) is 5.28. The van der Waals surface area contributed by atoms with Crippen LogP contribution in [-0.4, -0.2) is 57.0 Å². The predicted octanol–water partition coefficient (Wildman–Crippen LogP) is 2.27. The molecule has 8 nitrogen and oxygen atoms in total. The maximum Gasteiger partial charge on any atom is 0.225 e. The minimum absolute atomic E-state index is 0.121. The Balaban J connectivity index is 1.54. The lowest BCUT2D eigenvalue weighted by atomic mass is 10.0. The van der Waals surface area contributed by atoms with Crippen molar-refractivity contribution in [2.75, 3.05) is 21.2 Å². The zero-order valence-electron chi connectivity index (χ0n) is 16.4. The number of hydrogen-bond donors (Lipinski definition) is 0. The Morgan fingerprint density at radius 2 is 2.04 bits per heavy atom. The van der Waals surface area contributed by atoms with Gasteiger partial charge in [-0.05, 0) is 49.4 Å². The quantitative estimate of drug-likeness (QED) is 0.675. The van der Waals surface area contributed by atoms with Gasteiger partial charge in [0, 0.05) is 26.4 Å². The van der Waals surface area contributed by atoms with Gasteiger partial charge in [0.1, 0.15) is 11.6 Å². The van der Waals surface area contributed by atoms with E-state index < -0.39 is 0 Å². The molecule has 1 aromatic carbocycles. The van der Waals surface area contributed by atoms with E-state index in [2.05, 4.69) is 15.3 Å². The van der Waals surface area contributed by atoms with E-state index in [1.165, 1.54) is 0 Å². The average molecular weight is 380 g/mol. The number of methoxy groups -OCH3 is 1. The maximum atomic E-state index is 12.2. The Bertz CT molecular complexity index is 982. The largest absolute Gasteiger partial charge is 0.497 e. The van der Waals surface area contributed by atoms with Crippen LogP contribution in [0.3, 0.4) is 0 Å². The highest BCUT2D eigenvalue weighted by atomic mass is 16.5. The number of nitrogens with zero attached hydrogens (tertiary/aromatic N) is 6. The Labute approximate surface area is 163 Å². The van der Waals surface area contributed by atoms with E-state index in [-0.39, 0.29) is 11.8 Å². The molecule has 0 bridgehead atoms. The van der Waals surface area contributed by atoms with E-state index in [0.717, 1.165) is 42.9 Å². The molecular weight excluding hydrogens is 356 g/mol. The number of hydrogen-bond acceptors (Lipinski definition) is 6. The molecule has 1 fully saturated rings. The number of amides is 1. The van der Waals surface area contributed by atoms with Gasteiger partial charge < -0.3 is 9.64 Å².